The number of carbonyl (C=O) groups is 1. The lowest BCUT2D eigenvalue weighted by atomic mass is 10.1. The molecule has 0 saturated carbocycles. The van der Waals surface area contributed by atoms with Crippen LogP contribution in [0.2, 0.25) is 0 Å². The summed E-state index contributed by atoms with van der Waals surface area (Å²) < 4.78 is 11.0. The Labute approximate surface area is 138 Å². The highest BCUT2D eigenvalue weighted by Crippen LogP contribution is 2.21. The van der Waals surface area contributed by atoms with Crippen molar-refractivity contribution in [2.45, 2.75) is 18.9 Å². The molecule has 1 amide bonds. The zero-order chi connectivity index (χ0) is 16.4. The number of carbonyl (C=O) groups excluding carboxylic acids is 1. The maximum absolute atomic E-state index is 12.5. The first-order chi connectivity index (χ1) is 11.8. The molecule has 2 aromatic heterocycles. The predicted molar refractivity (Wildman–Crippen MR) is 85.4 cm³/mol. The number of ether oxygens (including phenoxy) is 1. The molecule has 1 fully saturated rings. The number of para-hydroxylation sites is 1. The summed E-state index contributed by atoms with van der Waals surface area (Å²) >= 11 is 0. The van der Waals surface area contributed by atoms with E-state index < -0.39 is 0 Å². The number of aromatic nitrogens is 3. The van der Waals surface area contributed by atoms with E-state index in [2.05, 4.69) is 15.4 Å². The van der Waals surface area contributed by atoms with E-state index in [0.717, 1.165) is 11.8 Å². The number of rotatable bonds is 4. The van der Waals surface area contributed by atoms with Crippen LogP contribution in [0.3, 0.4) is 0 Å². The Morgan fingerprint density at radius 2 is 2.21 bits per heavy atom. The van der Waals surface area contributed by atoms with Crippen LogP contribution in [0, 0.1) is 0 Å². The van der Waals surface area contributed by atoms with E-state index in [4.69, 9.17) is 9.26 Å². The Morgan fingerprint density at radius 1 is 1.29 bits per heavy atom. The van der Waals surface area contributed by atoms with Gasteiger partial charge < -0.3 is 14.2 Å². The Bertz CT molecular complexity index is 849. The zero-order valence-corrected chi connectivity index (χ0v) is 13.0. The van der Waals surface area contributed by atoms with Gasteiger partial charge in [-0.15, -0.1) is 5.10 Å². The van der Waals surface area contributed by atoms with Gasteiger partial charge in [-0.1, -0.05) is 17.3 Å². The van der Waals surface area contributed by atoms with Gasteiger partial charge in [0.15, 0.2) is 5.58 Å². The number of amides is 1. The molecule has 0 N–H and O–H groups in total. The molecule has 122 valence electrons. The summed E-state index contributed by atoms with van der Waals surface area (Å²) in [6.45, 7) is 1.21. The summed E-state index contributed by atoms with van der Waals surface area (Å²) in [5.41, 5.74) is 1.37. The van der Waals surface area contributed by atoms with Crippen LogP contribution >= 0.6 is 0 Å². The molecule has 0 aliphatic carbocycles. The van der Waals surface area contributed by atoms with Gasteiger partial charge in [-0.3, -0.25) is 4.79 Å². The van der Waals surface area contributed by atoms with Crippen molar-refractivity contribution in [1.82, 2.24) is 20.3 Å². The summed E-state index contributed by atoms with van der Waals surface area (Å²) in [5, 5.41) is 12.6. The number of nitrogens with zero attached hydrogens (tertiary/aromatic N) is 4. The van der Waals surface area contributed by atoms with Gasteiger partial charge in [0.25, 0.3) is 0 Å². The van der Waals surface area contributed by atoms with Gasteiger partial charge >= 0.3 is 0 Å². The van der Waals surface area contributed by atoms with Crippen molar-refractivity contribution in [3.63, 3.8) is 0 Å². The maximum Gasteiger partial charge on any atom is 0.233 e. The summed E-state index contributed by atoms with van der Waals surface area (Å²) in [5.74, 6) is 0.513. The van der Waals surface area contributed by atoms with Crippen molar-refractivity contribution < 1.29 is 14.1 Å². The highest BCUT2D eigenvalue weighted by Gasteiger charge is 2.28. The molecule has 1 aliphatic rings. The largest absolute Gasteiger partial charge is 0.471 e. The van der Waals surface area contributed by atoms with Crippen LogP contribution < -0.4 is 4.74 Å². The fourth-order valence-electron chi connectivity index (χ4n) is 2.89. The molecular formula is C17H16N4O3. The van der Waals surface area contributed by atoms with Crippen molar-refractivity contribution in [2.24, 2.45) is 0 Å². The predicted octanol–water partition coefficient (Wildman–Crippen LogP) is 1.84. The minimum absolute atomic E-state index is 0.0271. The summed E-state index contributed by atoms with van der Waals surface area (Å²) in [7, 11) is 0. The average Bonchev–Trinajstić information content (AvgIpc) is 3.24. The van der Waals surface area contributed by atoms with Crippen molar-refractivity contribution in [2.75, 3.05) is 13.1 Å². The maximum atomic E-state index is 12.5. The topological polar surface area (TPSA) is 81.4 Å². The molecule has 24 heavy (non-hydrogen) atoms. The molecule has 0 radical (unpaired) electrons. The van der Waals surface area contributed by atoms with Crippen molar-refractivity contribution in [3.05, 3.63) is 48.3 Å². The summed E-state index contributed by atoms with van der Waals surface area (Å²) in [6, 6.07) is 11.1. The van der Waals surface area contributed by atoms with E-state index in [-0.39, 0.29) is 18.4 Å². The second-order valence-corrected chi connectivity index (χ2v) is 5.73. The van der Waals surface area contributed by atoms with Crippen LogP contribution in [-0.4, -0.2) is 45.4 Å². The lowest BCUT2D eigenvalue weighted by Gasteiger charge is -2.16. The molecule has 3 aromatic rings. The quantitative estimate of drug-likeness (QED) is 0.728. The second kappa shape index (κ2) is 6.27. The first-order valence-electron chi connectivity index (χ1n) is 7.85. The summed E-state index contributed by atoms with van der Waals surface area (Å²) in [6.07, 6.45) is 2.55. The van der Waals surface area contributed by atoms with E-state index in [9.17, 15) is 4.79 Å². The molecule has 1 atom stereocenters. The van der Waals surface area contributed by atoms with Gasteiger partial charge in [0.05, 0.1) is 13.0 Å². The zero-order valence-electron chi connectivity index (χ0n) is 13.0. The molecular weight excluding hydrogens is 308 g/mol. The van der Waals surface area contributed by atoms with Crippen LogP contribution in [0.5, 0.6) is 5.88 Å². The first-order valence-corrected chi connectivity index (χ1v) is 7.85. The number of hydrogen-bond acceptors (Lipinski definition) is 6. The highest BCUT2D eigenvalue weighted by atomic mass is 16.5. The van der Waals surface area contributed by atoms with Crippen LogP contribution in [0.1, 0.15) is 12.1 Å². The normalized spacial score (nSPS) is 17.3. The lowest BCUT2D eigenvalue weighted by molar-refractivity contribution is -0.129. The van der Waals surface area contributed by atoms with Crippen molar-refractivity contribution >= 4 is 16.9 Å². The Morgan fingerprint density at radius 3 is 3.08 bits per heavy atom. The fraction of sp³-hybridized carbons (Fsp3) is 0.294. The Hall–Kier alpha value is -2.96. The fourth-order valence-corrected chi connectivity index (χ4v) is 2.89. The smallest absolute Gasteiger partial charge is 0.233 e. The van der Waals surface area contributed by atoms with Crippen LogP contribution in [0.25, 0.3) is 11.0 Å². The molecule has 7 nitrogen and oxygen atoms in total. The standard InChI is InChI=1S/C17H16N4O3/c22-17(10-14-13-4-1-2-5-15(13)24-20-14)21-9-7-12(11-21)23-16-6-3-8-18-19-16/h1-6,8,12H,7,9-11H2. The molecule has 1 aliphatic heterocycles. The minimum Gasteiger partial charge on any atom is -0.471 e. The molecule has 7 heteroatoms. The molecule has 4 rings (SSSR count). The van der Waals surface area contributed by atoms with Gasteiger partial charge in [-0.05, 0) is 18.2 Å². The lowest BCUT2D eigenvalue weighted by Crippen LogP contribution is -2.32. The van der Waals surface area contributed by atoms with E-state index in [1.807, 2.05) is 24.3 Å². The molecule has 0 bridgehead atoms. The highest BCUT2D eigenvalue weighted by molar-refractivity contribution is 5.86. The van der Waals surface area contributed by atoms with E-state index >= 15 is 0 Å². The molecule has 3 heterocycles. The van der Waals surface area contributed by atoms with Gasteiger partial charge in [0.1, 0.15) is 11.8 Å². The minimum atomic E-state index is -0.0558. The number of likely N-dealkylation sites (tertiary alicyclic amines) is 1. The van der Waals surface area contributed by atoms with Crippen LogP contribution in [-0.2, 0) is 11.2 Å². The van der Waals surface area contributed by atoms with E-state index in [0.29, 0.717) is 30.2 Å². The van der Waals surface area contributed by atoms with Gasteiger partial charge in [0, 0.05) is 30.6 Å². The third-order valence-electron chi connectivity index (χ3n) is 4.10. The number of benzene rings is 1. The molecule has 1 saturated heterocycles. The third kappa shape index (κ3) is 2.92. The average molecular weight is 324 g/mol. The molecule has 0 spiro atoms. The van der Waals surface area contributed by atoms with Gasteiger partial charge in [-0.2, -0.15) is 5.10 Å². The first kappa shape index (κ1) is 14.6. The van der Waals surface area contributed by atoms with Crippen molar-refractivity contribution in [1.29, 1.82) is 0 Å². The van der Waals surface area contributed by atoms with Crippen LogP contribution in [0.15, 0.2) is 47.1 Å². The SMILES string of the molecule is O=C(Cc1noc2ccccc12)N1CCC(Oc2cccnn2)C1. The summed E-state index contributed by atoms with van der Waals surface area (Å²) in [4.78, 5) is 14.3. The van der Waals surface area contributed by atoms with E-state index in [1.165, 1.54) is 0 Å². The van der Waals surface area contributed by atoms with Gasteiger partial charge in [-0.25, -0.2) is 0 Å². The Balaban J connectivity index is 1.39. The van der Waals surface area contributed by atoms with Gasteiger partial charge in [0.2, 0.25) is 11.8 Å². The molecule has 1 aromatic carbocycles. The monoisotopic (exact) mass is 324 g/mol. The third-order valence-corrected chi connectivity index (χ3v) is 4.10. The number of hydrogen-bond donors (Lipinski definition) is 0. The Kier molecular flexibility index (Phi) is 3.82. The van der Waals surface area contributed by atoms with Crippen molar-refractivity contribution in [3.8, 4) is 5.88 Å². The molecule has 1 unspecified atom stereocenters. The van der Waals surface area contributed by atoms with E-state index in [1.54, 1.807) is 23.2 Å². The number of fused-ring (bicyclic) bond motifs is 1. The van der Waals surface area contributed by atoms with Crippen LogP contribution in [0.4, 0.5) is 0 Å². The second-order valence-electron chi connectivity index (χ2n) is 5.73.